The van der Waals surface area contributed by atoms with Crippen LogP contribution in [0.4, 0.5) is 10.5 Å². The van der Waals surface area contributed by atoms with Gasteiger partial charge in [0, 0.05) is 10.9 Å². The molecule has 1 aromatic heterocycles. The van der Waals surface area contributed by atoms with Crippen molar-refractivity contribution in [3.05, 3.63) is 54.6 Å². The lowest BCUT2D eigenvalue weighted by Crippen LogP contribution is -2.35. The Balaban J connectivity index is 1.03. The van der Waals surface area contributed by atoms with Crippen molar-refractivity contribution in [3.8, 4) is 11.5 Å². The van der Waals surface area contributed by atoms with Crippen LogP contribution in [0.25, 0.3) is 0 Å². The van der Waals surface area contributed by atoms with Crippen molar-refractivity contribution in [2.45, 2.75) is 60.4 Å². The van der Waals surface area contributed by atoms with E-state index in [0.717, 1.165) is 10.9 Å². The summed E-state index contributed by atoms with van der Waals surface area (Å²) < 4.78 is 25.3. The molecular weight excluding hydrogens is 482 g/mol. The number of tetrazole rings is 1. The van der Waals surface area contributed by atoms with Crippen LogP contribution >= 0.6 is 11.8 Å². The average Bonchev–Trinajstić information content (AvgIpc) is 3.69. The molecule has 0 bridgehead atoms. The molecule has 2 aromatic carbocycles. The maximum atomic E-state index is 12.6. The van der Waals surface area contributed by atoms with Crippen LogP contribution in [0.2, 0.25) is 0 Å². The van der Waals surface area contributed by atoms with E-state index in [1.165, 1.54) is 25.7 Å². The van der Waals surface area contributed by atoms with Crippen LogP contribution in [-0.2, 0) is 14.2 Å². The maximum absolute atomic E-state index is 12.6. The van der Waals surface area contributed by atoms with Gasteiger partial charge in [-0.1, -0.05) is 42.8 Å². The third-order valence-corrected chi connectivity index (χ3v) is 7.96. The topological polar surface area (TPSA) is 110 Å². The fourth-order valence-corrected chi connectivity index (χ4v) is 6.13. The molecule has 0 spiro atoms. The first-order valence-electron chi connectivity index (χ1n) is 12.2. The van der Waals surface area contributed by atoms with Gasteiger partial charge in [-0.15, -0.1) is 5.10 Å². The van der Waals surface area contributed by atoms with Gasteiger partial charge in [-0.3, -0.25) is 5.32 Å². The number of thioether (sulfide) groups is 1. The molecular formula is C25H27N5O5S. The van der Waals surface area contributed by atoms with Crippen LogP contribution in [0.3, 0.4) is 0 Å². The molecule has 3 fully saturated rings. The molecule has 1 N–H and O–H groups in total. The second-order valence-electron chi connectivity index (χ2n) is 9.10. The molecule has 11 heteroatoms. The smallest absolute Gasteiger partial charge is 0.412 e. The molecule has 36 heavy (non-hydrogen) atoms. The lowest BCUT2D eigenvalue weighted by Gasteiger charge is -2.18. The van der Waals surface area contributed by atoms with E-state index < -0.39 is 12.2 Å². The van der Waals surface area contributed by atoms with Gasteiger partial charge in [-0.2, -0.15) is 0 Å². The van der Waals surface area contributed by atoms with Crippen LogP contribution in [0.15, 0.2) is 59.8 Å². The molecule has 10 nitrogen and oxygen atoms in total. The summed E-state index contributed by atoms with van der Waals surface area (Å²) in [5, 5.41) is 16.4. The Bertz CT molecular complexity index is 1170. The van der Waals surface area contributed by atoms with Crippen molar-refractivity contribution in [3.63, 3.8) is 0 Å². The average molecular weight is 510 g/mol. The van der Waals surface area contributed by atoms with Crippen molar-refractivity contribution in [1.29, 1.82) is 0 Å². The normalized spacial score (nSPS) is 25.6. The van der Waals surface area contributed by atoms with Gasteiger partial charge in [-0.25, -0.2) is 9.48 Å². The molecule has 4 unspecified atom stereocenters. The monoisotopic (exact) mass is 509 g/mol. The molecule has 1 saturated carbocycles. The van der Waals surface area contributed by atoms with Gasteiger partial charge in [0.2, 0.25) is 5.16 Å². The highest BCUT2D eigenvalue weighted by Gasteiger charge is 2.51. The molecule has 3 aromatic rings. The van der Waals surface area contributed by atoms with Crippen LogP contribution in [-0.4, -0.2) is 63.1 Å². The zero-order valence-electron chi connectivity index (χ0n) is 19.6. The van der Waals surface area contributed by atoms with Crippen molar-refractivity contribution < 1.29 is 23.7 Å². The molecule has 2 aliphatic heterocycles. The van der Waals surface area contributed by atoms with Gasteiger partial charge in [0.1, 0.15) is 29.7 Å². The Kier molecular flexibility index (Phi) is 6.75. The highest BCUT2D eigenvalue weighted by atomic mass is 32.2. The van der Waals surface area contributed by atoms with E-state index in [0.29, 0.717) is 23.3 Å². The largest absolute Gasteiger partial charge is 0.457 e. The quantitative estimate of drug-likeness (QED) is 0.494. The zero-order chi connectivity index (χ0) is 24.3. The molecule has 2 saturated heterocycles. The van der Waals surface area contributed by atoms with Crippen molar-refractivity contribution >= 4 is 23.5 Å². The van der Waals surface area contributed by atoms with Crippen molar-refractivity contribution in [1.82, 2.24) is 20.2 Å². The predicted molar refractivity (Wildman–Crippen MR) is 131 cm³/mol. The molecule has 188 valence electrons. The highest BCUT2D eigenvalue weighted by Crippen LogP contribution is 2.39. The Labute approximate surface area is 212 Å². The Hall–Kier alpha value is -3.15. The van der Waals surface area contributed by atoms with Crippen LogP contribution in [0.1, 0.15) is 31.7 Å². The molecule has 1 aliphatic carbocycles. The number of ether oxygens (including phenoxy) is 4. The number of para-hydroxylation sites is 1. The number of carbonyl (C=O) groups is 1. The maximum Gasteiger partial charge on any atom is 0.412 e. The minimum Gasteiger partial charge on any atom is -0.457 e. The third kappa shape index (κ3) is 5.04. The van der Waals surface area contributed by atoms with Crippen LogP contribution in [0, 0.1) is 0 Å². The number of nitrogens with zero attached hydrogens (tertiary/aromatic N) is 4. The van der Waals surface area contributed by atoms with E-state index in [1.54, 1.807) is 36.0 Å². The number of nitrogens with one attached hydrogen (secondary N) is 1. The Morgan fingerprint density at radius 1 is 0.972 bits per heavy atom. The number of hydrogen-bond acceptors (Lipinski definition) is 9. The van der Waals surface area contributed by atoms with Crippen LogP contribution < -0.4 is 10.1 Å². The summed E-state index contributed by atoms with van der Waals surface area (Å²) in [7, 11) is 0. The number of carbonyl (C=O) groups excluding carboxylic acids is 1. The van der Waals surface area contributed by atoms with E-state index in [4.69, 9.17) is 18.9 Å². The number of amides is 1. The molecule has 6 rings (SSSR count). The number of benzene rings is 2. The second-order valence-corrected chi connectivity index (χ2v) is 10.4. The van der Waals surface area contributed by atoms with Crippen molar-refractivity contribution in [2.24, 2.45) is 0 Å². The molecule has 3 aliphatic rings. The van der Waals surface area contributed by atoms with Gasteiger partial charge >= 0.3 is 6.09 Å². The summed E-state index contributed by atoms with van der Waals surface area (Å²) in [4.78, 5) is 12.6. The standard InChI is InChI=1S/C25H27N5O5S/c31-25(26-16-10-12-18(13-11-16)34-17-6-2-1-3-7-17)35-21-15-33-22-20(14-32-23(21)22)30-24(27-28-29-30)36-19-8-4-5-9-19/h1-3,6-7,10-13,19-23H,4-5,8-9,14-15H2,(H,26,31). The molecule has 1 amide bonds. The fraction of sp³-hybridized carbons (Fsp3) is 0.440. The Morgan fingerprint density at radius 2 is 1.72 bits per heavy atom. The number of hydrogen-bond donors (Lipinski definition) is 1. The molecule has 4 atom stereocenters. The summed E-state index contributed by atoms with van der Waals surface area (Å²) in [6.07, 6.45) is 3.18. The summed E-state index contributed by atoms with van der Waals surface area (Å²) in [6.45, 7) is 0.666. The first kappa shape index (κ1) is 23.3. The van der Waals surface area contributed by atoms with E-state index >= 15 is 0 Å². The molecule has 3 heterocycles. The fourth-order valence-electron chi connectivity index (χ4n) is 4.90. The minimum atomic E-state index is -0.562. The predicted octanol–water partition coefficient (Wildman–Crippen LogP) is 4.46. The second kappa shape index (κ2) is 10.5. The van der Waals surface area contributed by atoms with E-state index in [-0.39, 0.29) is 24.9 Å². The van der Waals surface area contributed by atoms with Crippen LogP contribution in [0.5, 0.6) is 11.5 Å². The summed E-state index contributed by atoms with van der Waals surface area (Å²) in [6, 6.07) is 16.5. The van der Waals surface area contributed by atoms with Gasteiger partial charge in [0.25, 0.3) is 0 Å². The summed E-state index contributed by atoms with van der Waals surface area (Å²) in [5.74, 6) is 1.42. The summed E-state index contributed by atoms with van der Waals surface area (Å²) in [5.41, 5.74) is 0.600. The van der Waals surface area contributed by atoms with E-state index in [9.17, 15) is 4.79 Å². The number of anilines is 1. The van der Waals surface area contributed by atoms with Gasteiger partial charge < -0.3 is 18.9 Å². The van der Waals surface area contributed by atoms with Gasteiger partial charge in [-0.05, 0) is 59.7 Å². The van der Waals surface area contributed by atoms with Crippen molar-refractivity contribution in [2.75, 3.05) is 18.5 Å². The third-order valence-electron chi connectivity index (χ3n) is 6.67. The van der Waals surface area contributed by atoms with Gasteiger partial charge in [0.05, 0.1) is 13.2 Å². The first-order valence-corrected chi connectivity index (χ1v) is 13.1. The first-order chi connectivity index (χ1) is 17.7. The SMILES string of the molecule is O=C(Nc1ccc(Oc2ccccc2)cc1)OC1COC2C1OCC2n1nnnc1SC1CCCC1. The lowest BCUT2D eigenvalue weighted by molar-refractivity contribution is 0.00751. The number of rotatable bonds is 7. The van der Waals surface area contributed by atoms with E-state index in [2.05, 4.69) is 20.8 Å². The lowest BCUT2D eigenvalue weighted by atomic mass is 10.1. The highest BCUT2D eigenvalue weighted by molar-refractivity contribution is 7.99. The number of aromatic nitrogens is 4. The zero-order valence-corrected chi connectivity index (χ0v) is 20.4. The minimum absolute atomic E-state index is 0.150. The number of fused-ring (bicyclic) bond motifs is 1. The Morgan fingerprint density at radius 3 is 2.53 bits per heavy atom. The van der Waals surface area contributed by atoms with E-state index in [1.807, 2.05) is 35.0 Å². The van der Waals surface area contributed by atoms with Gasteiger partial charge in [0.15, 0.2) is 6.10 Å². The molecule has 0 radical (unpaired) electrons. The summed E-state index contributed by atoms with van der Waals surface area (Å²) >= 11 is 1.73.